The standard InChI is InChI=1S/C20H23Br2ClN2O/c1-2-26-20-16(21)10-14(11-17(20)22)13-24-15-6-7-19(18(23)12-15)25-8-4-3-5-9-25/h6-7,10-12,24H,2-5,8-9,13H2,1H3. The molecule has 26 heavy (non-hydrogen) atoms. The average molecular weight is 503 g/mol. The van der Waals surface area contributed by atoms with Crippen LogP contribution in [0.3, 0.4) is 0 Å². The minimum Gasteiger partial charge on any atom is -0.492 e. The van der Waals surface area contributed by atoms with Crippen molar-refractivity contribution in [2.24, 2.45) is 0 Å². The van der Waals surface area contributed by atoms with Crippen LogP contribution in [-0.4, -0.2) is 19.7 Å². The maximum absolute atomic E-state index is 6.54. The zero-order chi connectivity index (χ0) is 18.5. The van der Waals surface area contributed by atoms with Crippen molar-refractivity contribution in [3.05, 3.63) is 49.9 Å². The van der Waals surface area contributed by atoms with Crippen LogP contribution >= 0.6 is 43.5 Å². The molecule has 0 aliphatic carbocycles. The quantitative estimate of drug-likeness (QED) is 0.467. The van der Waals surface area contributed by atoms with E-state index in [1.165, 1.54) is 19.3 Å². The van der Waals surface area contributed by atoms with Gasteiger partial charge >= 0.3 is 0 Å². The number of benzene rings is 2. The van der Waals surface area contributed by atoms with Gasteiger partial charge in [0.2, 0.25) is 0 Å². The summed E-state index contributed by atoms with van der Waals surface area (Å²) in [4.78, 5) is 2.39. The molecule has 0 amide bonds. The second-order valence-electron chi connectivity index (χ2n) is 6.39. The van der Waals surface area contributed by atoms with Gasteiger partial charge in [-0.05, 0) is 93.9 Å². The predicted molar refractivity (Wildman–Crippen MR) is 118 cm³/mol. The summed E-state index contributed by atoms with van der Waals surface area (Å²) in [5, 5.41) is 4.26. The zero-order valence-corrected chi connectivity index (χ0v) is 18.8. The Morgan fingerprint density at radius 1 is 1.08 bits per heavy atom. The third-order valence-electron chi connectivity index (χ3n) is 4.49. The summed E-state index contributed by atoms with van der Waals surface area (Å²) in [5.74, 6) is 0.838. The molecule has 0 bridgehead atoms. The smallest absolute Gasteiger partial charge is 0.147 e. The molecule has 2 aromatic carbocycles. The highest BCUT2D eigenvalue weighted by molar-refractivity contribution is 9.11. The maximum Gasteiger partial charge on any atom is 0.147 e. The van der Waals surface area contributed by atoms with Crippen molar-refractivity contribution in [3.63, 3.8) is 0 Å². The first-order valence-corrected chi connectivity index (χ1v) is 10.9. The molecule has 140 valence electrons. The monoisotopic (exact) mass is 500 g/mol. The Labute approximate surface area is 177 Å². The molecule has 0 aromatic heterocycles. The second-order valence-corrected chi connectivity index (χ2v) is 8.50. The molecule has 2 aromatic rings. The fourth-order valence-electron chi connectivity index (χ4n) is 3.21. The largest absolute Gasteiger partial charge is 0.492 e. The van der Waals surface area contributed by atoms with E-state index in [1.807, 2.05) is 13.0 Å². The molecule has 1 N–H and O–H groups in total. The summed E-state index contributed by atoms with van der Waals surface area (Å²) in [5.41, 5.74) is 3.32. The first kappa shape index (κ1) is 19.8. The Morgan fingerprint density at radius 3 is 2.38 bits per heavy atom. The van der Waals surface area contributed by atoms with Crippen LogP contribution < -0.4 is 15.0 Å². The van der Waals surface area contributed by atoms with E-state index in [2.05, 4.69) is 66.3 Å². The molecule has 3 rings (SSSR count). The van der Waals surface area contributed by atoms with E-state index in [-0.39, 0.29) is 0 Å². The van der Waals surface area contributed by atoms with E-state index in [0.717, 1.165) is 49.7 Å². The summed E-state index contributed by atoms with van der Waals surface area (Å²) in [6.45, 7) is 5.52. The van der Waals surface area contributed by atoms with Crippen molar-refractivity contribution in [3.8, 4) is 5.75 Å². The van der Waals surface area contributed by atoms with Gasteiger partial charge in [-0.3, -0.25) is 0 Å². The Hall–Kier alpha value is -0.910. The van der Waals surface area contributed by atoms with Gasteiger partial charge in [0.25, 0.3) is 0 Å². The van der Waals surface area contributed by atoms with Gasteiger partial charge in [0, 0.05) is 25.3 Å². The van der Waals surface area contributed by atoms with Crippen LogP contribution in [0.5, 0.6) is 5.75 Å². The minimum atomic E-state index is 0.636. The van der Waals surface area contributed by atoms with E-state index in [1.54, 1.807) is 0 Å². The summed E-state index contributed by atoms with van der Waals surface area (Å²) < 4.78 is 7.53. The summed E-state index contributed by atoms with van der Waals surface area (Å²) in [6, 6.07) is 10.4. The fourth-order valence-corrected chi connectivity index (χ4v) is 5.02. The normalized spacial score (nSPS) is 14.4. The van der Waals surface area contributed by atoms with Crippen molar-refractivity contribution in [2.45, 2.75) is 32.7 Å². The highest BCUT2D eigenvalue weighted by atomic mass is 79.9. The highest BCUT2D eigenvalue weighted by Gasteiger charge is 2.14. The summed E-state index contributed by atoms with van der Waals surface area (Å²) in [6.07, 6.45) is 3.82. The van der Waals surface area contributed by atoms with Crippen LogP contribution in [-0.2, 0) is 6.54 Å². The van der Waals surface area contributed by atoms with Gasteiger partial charge in [-0.2, -0.15) is 0 Å². The Kier molecular flexibility index (Phi) is 7.12. The number of ether oxygens (including phenoxy) is 1. The van der Waals surface area contributed by atoms with E-state index < -0.39 is 0 Å². The number of piperidine rings is 1. The maximum atomic E-state index is 6.54. The fraction of sp³-hybridized carbons (Fsp3) is 0.400. The van der Waals surface area contributed by atoms with Gasteiger partial charge in [0.05, 0.1) is 26.3 Å². The van der Waals surface area contributed by atoms with Crippen LogP contribution in [0.15, 0.2) is 39.3 Å². The lowest BCUT2D eigenvalue weighted by Gasteiger charge is -2.29. The lowest BCUT2D eigenvalue weighted by atomic mass is 10.1. The van der Waals surface area contributed by atoms with Crippen molar-refractivity contribution in [1.82, 2.24) is 0 Å². The van der Waals surface area contributed by atoms with Crippen LogP contribution in [0.2, 0.25) is 5.02 Å². The van der Waals surface area contributed by atoms with Crippen molar-refractivity contribution in [2.75, 3.05) is 29.9 Å². The van der Waals surface area contributed by atoms with E-state index in [4.69, 9.17) is 16.3 Å². The molecule has 3 nitrogen and oxygen atoms in total. The van der Waals surface area contributed by atoms with Gasteiger partial charge in [0.15, 0.2) is 0 Å². The Bertz CT molecular complexity index is 740. The van der Waals surface area contributed by atoms with Crippen LogP contribution in [0.4, 0.5) is 11.4 Å². The number of nitrogens with one attached hydrogen (secondary N) is 1. The van der Waals surface area contributed by atoms with Gasteiger partial charge < -0.3 is 15.0 Å². The van der Waals surface area contributed by atoms with Gasteiger partial charge in [-0.25, -0.2) is 0 Å². The van der Waals surface area contributed by atoms with Crippen molar-refractivity contribution in [1.29, 1.82) is 0 Å². The van der Waals surface area contributed by atoms with E-state index >= 15 is 0 Å². The number of halogens is 3. The number of anilines is 2. The molecule has 1 aliphatic rings. The molecule has 1 heterocycles. The van der Waals surface area contributed by atoms with Gasteiger partial charge in [-0.15, -0.1) is 0 Å². The van der Waals surface area contributed by atoms with Crippen LogP contribution in [0.25, 0.3) is 0 Å². The Balaban J connectivity index is 1.67. The SMILES string of the molecule is CCOc1c(Br)cc(CNc2ccc(N3CCCCC3)c(Cl)c2)cc1Br. The van der Waals surface area contributed by atoms with E-state index in [0.29, 0.717) is 13.2 Å². The Morgan fingerprint density at radius 2 is 1.77 bits per heavy atom. The number of nitrogens with zero attached hydrogens (tertiary/aromatic N) is 1. The summed E-state index contributed by atoms with van der Waals surface area (Å²) >= 11 is 13.7. The molecule has 1 fully saturated rings. The lowest BCUT2D eigenvalue weighted by molar-refractivity contribution is 0.336. The second kappa shape index (κ2) is 9.34. The molecular weight excluding hydrogens is 479 g/mol. The molecule has 0 atom stereocenters. The molecular formula is C20H23Br2ClN2O. The van der Waals surface area contributed by atoms with Gasteiger partial charge in [-0.1, -0.05) is 11.6 Å². The number of rotatable bonds is 6. The van der Waals surface area contributed by atoms with Gasteiger partial charge in [0.1, 0.15) is 5.75 Å². The lowest BCUT2D eigenvalue weighted by Crippen LogP contribution is -2.29. The van der Waals surface area contributed by atoms with Crippen molar-refractivity contribution < 1.29 is 4.74 Å². The predicted octanol–water partition coefficient (Wildman–Crippen LogP) is 6.87. The minimum absolute atomic E-state index is 0.636. The number of hydrogen-bond acceptors (Lipinski definition) is 3. The van der Waals surface area contributed by atoms with Crippen LogP contribution in [0.1, 0.15) is 31.7 Å². The molecule has 1 saturated heterocycles. The molecule has 0 unspecified atom stereocenters. The zero-order valence-electron chi connectivity index (χ0n) is 14.8. The first-order valence-electron chi connectivity index (χ1n) is 8.97. The molecule has 0 spiro atoms. The highest BCUT2D eigenvalue weighted by Crippen LogP contribution is 2.35. The third kappa shape index (κ3) is 4.87. The molecule has 1 aliphatic heterocycles. The van der Waals surface area contributed by atoms with Crippen molar-refractivity contribution >= 4 is 54.8 Å². The number of hydrogen-bond donors (Lipinski definition) is 1. The average Bonchev–Trinajstić information content (AvgIpc) is 2.64. The van der Waals surface area contributed by atoms with Crippen LogP contribution in [0, 0.1) is 0 Å². The first-order chi connectivity index (χ1) is 12.6. The topological polar surface area (TPSA) is 24.5 Å². The molecule has 6 heteroatoms. The van der Waals surface area contributed by atoms with E-state index in [9.17, 15) is 0 Å². The molecule has 0 radical (unpaired) electrons. The third-order valence-corrected chi connectivity index (χ3v) is 5.97. The molecule has 0 saturated carbocycles. The summed E-state index contributed by atoms with van der Waals surface area (Å²) in [7, 11) is 0.